The second kappa shape index (κ2) is 5.90. The van der Waals surface area contributed by atoms with Crippen LogP contribution in [0.15, 0.2) is 5.16 Å². The summed E-state index contributed by atoms with van der Waals surface area (Å²) in [7, 11) is 0. The fourth-order valence-electron chi connectivity index (χ4n) is 1.66. The number of carbonyl (C=O) groups excluding carboxylic acids is 1. The van der Waals surface area contributed by atoms with Crippen LogP contribution < -0.4 is 0 Å². The summed E-state index contributed by atoms with van der Waals surface area (Å²) in [6, 6.07) is -0.950. The number of rotatable bonds is 3. The van der Waals surface area contributed by atoms with Crippen molar-refractivity contribution in [2.75, 3.05) is 13.2 Å². The van der Waals surface area contributed by atoms with Gasteiger partial charge in [0.2, 0.25) is 0 Å². The summed E-state index contributed by atoms with van der Waals surface area (Å²) in [6.45, 7) is 7.47. The van der Waals surface area contributed by atoms with E-state index in [0.717, 1.165) is 4.90 Å². The lowest BCUT2D eigenvalue weighted by molar-refractivity contribution is -0.142. The number of carbonyl (C=O) groups is 2. The summed E-state index contributed by atoms with van der Waals surface area (Å²) in [6.07, 6.45) is -0.490. The summed E-state index contributed by atoms with van der Waals surface area (Å²) in [5.41, 5.74) is -0.139. The SMILES string of the molecule is CCO/N=C1\CC(C(=O)O)N(C(=O)OC(C)(C)C)C1. The average molecular weight is 272 g/mol. The van der Waals surface area contributed by atoms with Gasteiger partial charge < -0.3 is 14.7 Å². The van der Waals surface area contributed by atoms with Gasteiger partial charge in [-0.3, -0.25) is 4.90 Å². The zero-order chi connectivity index (χ0) is 14.6. The Morgan fingerprint density at radius 3 is 2.58 bits per heavy atom. The van der Waals surface area contributed by atoms with Gasteiger partial charge in [-0.25, -0.2) is 9.59 Å². The van der Waals surface area contributed by atoms with Gasteiger partial charge in [-0.15, -0.1) is 0 Å². The Hall–Kier alpha value is -1.79. The molecule has 1 rings (SSSR count). The third-order valence-corrected chi connectivity index (χ3v) is 2.39. The molecule has 7 nitrogen and oxygen atoms in total. The van der Waals surface area contributed by atoms with Gasteiger partial charge in [-0.2, -0.15) is 0 Å². The van der Waals surface area contributed by atoms with E-state index in [0.29, 0.717) is 12.3 Å². The molecule has 108 valence electrons. The molecule has 0 radical (unpaired) electrons. The van der Waals surface area contributed by atoms with E-state index in [1.54, 1.807) is 27.7 Å². The van der Waals surface area contributed by atoms with Crippen LogP contribution in [0.5, 0.6) is 0 Å². The third-order valence-electron chi connectivity index (χ3n) is 2.39. The molecule has 7 heteroatoms. The van der Waals surface area contributed by atoms with Gasteiger partial charge >= 0.3 is 12.1 Å². The molecule has 0 aliphatic carbocycles. The predicted octanol–water partition coefficient (Wildman–Crippen LogP) is 1.47. The van der Waals surface area contributed by atoms with Crippen molar-refractivity contribution in [1.82, 2.24) is 4.90 Å². The number of ether oxygens (including phenoxy) is 1. The zero-order valence-electron chi connectivity index (χ0n) is 11.7. The molecular weight excluding hydrogens is 252 g/mol. The average Bonchev–Trinajstić information content (AvgIpc) is 2.68. The molecule has 0 aromatic rings. The van der Waals surface area contributed by atoms with Crippen molar-refractivity contribution < 1.29 is 24.3 Å². The van der Waals surface area contributed by atoms with E-state index in [2.05, 4.69) is 5.16 Å². The second-order valence-corrected chi connectivity index (χ2v) is 5.24. The maximum Gasteiger partial charge on any atom is 0.411 e. The Kier molecular flexibility index (Phi) is 4.74. The molecule has 1 aliphatic heterocycles. The van der Waals surface area contributed by atoms with Crippen LogP contribution in [0.4, 0.5) is 4.79 Å². The van der Waals surface area contributed by atoms with Gasteiger partial charge in [0.15, 0.2) is 0 Å². The lowest BCUT2D eigenvalue weighted by Crippen LogP contribution is -2.43. The quantitative estimate of drug-likeness (QED) is 0.786. The maximum absolute atomic E-state index is 11.9. The monoisotopic (exact) mass is 272 g/mol. The van der Waals surface area contributed by atoms with Crippen molar-refractivity contribution in [1.29, 1.82) is 0 Å². The summed E-state index contributed by atoms with van der Waals surface area (Å²) >= 11 is 0. The standard InChI is InChI=1S/C12H20N2O5/c1-5-18-13-8-6-9(10(15)16)14(7-8)11(17)19-12(2,3)4/h9H,5-7H2,1-4H3,(H,15,16)/b13-8+. The van der Waals surface area contributed by atoms with Gasteiger partial charge in [0.05, 0.1) is 12.3 Å². The fraction of sp³-hybridized carbons (Fsp3) is 0.750. The number of carboxylic acids is 1. The molecule has 1 saturated heterocycles. The molecule has 0 bridgehead atoms. The minimum absolute atomic E-state index is 0.117. The maximum atomic E-state index is 11.9. The Labute approximate surface area is 112 Å². The van der Waals surface area contributed by atoms with Crippen LogP contribution in [0.2, 0.25) is 0 Å². The summed E-state index contributed by atoms with van der Waals surface area (Å²) in [5, 5.41) is 12.9. The Balaban J connectivity index is 2.79. The van der Waals surface area contributed by atoms with Crippen LogP contribution in [0.3, 0.4) is 0 Å². The molecule has 0 spiro atoms. The normalized spacial score (nSPS) is 21.6. The minimum Gasteiger partial charge on any atom is -0.480 e. The molecule has 1 atom stereocenters. The molecule has 0 aromatic carbocycles. The van der Waals surface area contributed by atoms with Crippen molar-refractivity contribution in [2.45, 2.75) is 45.8 Å². The van der Waals surface area contributed by atoms with Gasteiger partial charge in [-0.1, -0.05) is 5.16 Å². The zero-order valence-corrected chi connectivity index (χ0v) is 11.7. The molecule has 1 amide bonds. The highest BCUT2D eigenvalue weighted by atomic mass is 16.6. The number of nitrogens with zero attached hydrogens (tertiary/aromatic N) is 2. The lowest BCUT2D eigenvalue weighted by Gasteiger charge is -2.26. The highest BCUT2D eigenvalue weighted by molar-refractivity contribution is 5.98. The number of aliphatic carboxylic acids is 1. The lowest BCUT2D eigenvalue weighted by atomic mass is 10.2. The van der Waals surface area contributed by atoms with Crippen LogP contribution in [-0.2, 0) is 14.4 Å². The topological polar surface area (TPSA) is 88.4 Å². The van der Waals surface area contributed by atoms with Crippen LogP contribution in [-0.4, -0.2) is 52.6 Å². The van der Waals surface area contributed by atoms with E-state index in [4.69, 9.17) is 14.7 Å². The van der Waals surface area contributed by atoms with Crippen LogP contribution in [0.25, 0.3) is 0 Å². The molecule has 0 aromatic heterocycles. The van der Waals surface area contributed by atoms with Crippen molar-refractivity contribution >= 4 is 17.8 Å². The predicted molar refractivity (Wildman–Crippen MR) is 68.0 cm³/mol. The summed E-state index contributed by atoms with van der Waals surface area (Å²) in [5.74, 6) is -1.08. The number of hydrogen-bond donors (Lipinski definition) is 1. The van der Waals surface area contributed by atoms with E-state index < -0.39 is 23.7 Å². The highest BCUT2D eigenvalue weighted by Gasteiger charge is 2.40. The molecule has 0 saturated carbocycles. The number of likely N-dealkylation sites (tertiary alicyclic amines) is 1. The van der Waals surface area contributed by atoms with E-state index >= 15 is 0 Å². The first-order valence-electron chi connectivity index (χ1n) is 6.14. The first-order valence-corrected chi connectivity index (χ1v) is 6.14. The highest BCUT2D eigenvalue weighted by Crippen LogP contribution is 2.20. The Bertz CT molecular complexity index is 386. The number of oxime groups is 1. The number of hydrogen-bond acceptors (Lipinski definition) is 5. The first-order chi connectivity index (χ1) is 8.74. The van der Waals surface area contributed by atoms with Crippen molar-refractivity contribution in [3.05, 3.63) is 0 Å². The summed E-state index contributed by atoms with van der Waals surface area (Å²) < 4.78 is 5.18. The van der Waals surface area contributed by atoms with Gasteiger partial charge in [0.25, 0.3) is 0 Å². The molecule has 19 heavy (non-hydrogen) atoms. The molecule has 1 heterocycles. The number of carboxylic acid groups (broad SMARTS) is 1. The van der Waals surface area contributed by atoms with Crippen LogP contribution >= 0.6 is 0 Å². The van der Waals surface area contributed by atoms with Crippen LogP contribution in [0, 0.1) is 0 Å². The summed E-state index contributed by atoms with van der Waals surface area (Å²) in [4.78, 5) is 29.1. The molecule has 1 fully saturated rings. The van der Waals surface area contributed by atoms with Gasteiger partial charge in [0.1, 0.15) is 18.2 Å². The number of amides is 1. The van der Waals surface area contributed by atoms with E-state index in [1.807, 2.05) is 0 Å². The van der Waals surface area contributed by atoms with E-state index in [1.165, 1.54) is 0 Å². The molecule has 1 N–H and O–H groups in total. The van der Waals surface area contributed by atoms with E-state index in [9.17, 15) is 9.59 Å². The Morgan fingerprint density at radius 2 is 2.11 bits per heavy atom. The van der Waals surface area contributed by atoms with Crippen LogP contribution in [0.1, 0.15) is 34.1 Å². The van der Waals surface area contributed by atoms with Crippen molar-refractivity contribution in [3.8, 4) is 0 Å². The molecular formula is C12H20N2O5. The first kappa shape index (κ1) is 15.3. The Morgan fingerprint density at radius 1 is 1.47 bits per heavy atom. The minimum atomic E-state index is -1.08. The van der Waals surface area contributed by atoms with Gasteiger partial charge in [-0.05, 0) is 27.7 Å². The van der Waals surface area contributed by atoms with E-state index in [-0.39, 0.29) is 13.0 Å². The smallest absolute Gasteiger partial charge is 0.411 e. The van der Waals surface area contributed by atoms with Crippen molar-refractivity contribution in [2.24, 2.45) is 5.16 Å². The fourth-order valence-corrected chi connectivity index (χ4v) is 1.66. The molecule has 1 aliphatic rings. The van der Waals surface area contributed by atoms with Crippen molar-refractivity contribution in [3.63, 3.8) is 0 Å². The third kappa shape index (κ3) is 4.42. The second-order valence-electron chi connectivity index (χ2n) is 5.24. The largest absolute Gasteiger partial charge is 0.480 e. The van der Waals surface area contributed by atoms with Gasteiger partial charge in [0, 0.05) is 6.42 Å². The molecule has 1 unspecified atom stereocenters.